The molecule has 2 amide bonds. The Morgan fingerprint density at radius 2 is 1.92 bits per heavy atom. The van der Waals surface area contributed by atoms with Gasteiger partial charge in [-0.2, -0.15) is 0 Å². The summed E-state index contributed by atoms with van der Waals surface area (Å²) >= 11 is 4.74. The van der Waals surface area contributed by atoms with Gasteiger partial charge in [-0.1, -0.05) is 0 Å². The quantitative estimate of drug-likeness (QED) is 0.393. The van der Waals surface area contributed by atoms with E-state index < -0.39 is 0 Å². The first-order chi connectivity index (χ1) is 6.09. The summed E-state index contributed by atoms with van der Waals surface area (Å²) in [5.41, 5.74) is 4.66. The fourth-order valence-electron chi connectivity index (χ4n) is 0.736. The zero-order valence-electron chi connectivity index (χ0n) is 7.22. The minimum absolute atomic E-state index is 0.0807. The Morgan fingerprint density at radius 3 is 2.38 bits per heavy atom. The van der Waals surface area contributed by atoms with Crippen molar-refractivity contribution in [2.75, 3.05) is 0 Å². The van der Waals surface area contributed by atoms with E-state index in [0.717, 1.165) is 12.8 Å². The van der Waals surface area contributed by atoms with Crippen molar-refractivity contribution in [3.63, 3.8) is 0 Å². The number of carbonyl (C=O) groups is 2. The molecule has 6 heteroatoms. The molecule has 0 aliphatic heterocycles. The zero-order valence-corrected chi connectivity index (χ0v) is 8.03. The molecular weight excluding hydrogens is 190 g/mol. The Hall–Kier alpha value is -1.17. The molecule has 0 atom stereocenters. The highest BCUT2D eigenvalue weighted by Gasteiger charge is 2.29. The SMILES string of the molecule is CC(=O)NNC(=S)NC(=O)C1CC1. The number of hydrazine groups is 1. The van der Waals surface area contributed by atoms with E-state index in [1.807, 2.05) is 0 Å². The smallest absolute Gasteiger partial charge is 0.235 e. The molecule has 0 unspecified atom stereocenters. The van der Waals surface area contributed by atoms with Crippen molar-refractivity contribution in [2.45, 2.75) is 19.8 Å². The van der Waals surface area contributed by atoms with Crippen LogP contribution < -0.4 is 16.2 Å². The Kier molecular flexibility index (Phi) is 3.18. The fourth-order valence-corrected chi connectivity index (χ4v) is 0.887. The van der Waals surface area contributed by atoms with Gasteiger partial charge in [-0.15, -0.1) is 0 Å². The van der Waals surface area contributed by atoms with Crippen LogP contribution in [0.4, 0.5) is 0 Å². The second-order valence-electron chi connectivity index (χ2n) is 2.90. The van der Waals surface area contributed by atoms with Crippen LogP contribution in [0.3, 0.4) is 0 Å². The van der Waals surface area contributed by atoms with Gasteiger partial charge in [0.15, 0.2) is 5.11 Å². The summed E-state index contributed by atoms with van der Waals surface area (Å²) in [4.78, 5) is 21.5. The number of amides is 2. The summed E-state index contributed by atoms with van der Waals surface area (Å²) in [5.74, 6) is -0.233. The lowest BCUT2D eigenvalue weighted by atomic mass is 10.4. The molecule has 0 aromatic carbocycles. The van der Waals surface area contributed by atoms with Crippen LogP contribution in [0, 0.1) is 5.92 Å². The summed E-state index contributed by atoms with van der Waals surface area (Å²) in [7, 11) is 0. The van der Waals surface area contributed by atoms with E-state index in [4.69, 9.17) is 12.2 Å². The molecule has 72 valence electrons. The molecule has 5 nitrogen and oxygen atoms in total. The molecule has 0 heterocycles. The monoisotopic (exact) mass is 201 g/mol. The van der Waals surface area contributed by atoms with Gasteiger partial charge in [0.1, 0.15) is 0 Å². The lowest BCUT2D eigenvalue weighted by Gasteiger charge is -2.08. The first-order valence-electron chi connectivity index (χ1n) is 3.97. The third-order valence-electron chi connectivity index (χ3n) is 1.54. The molecule has 1 aliphatic carbocycles. The van der Waals surface area contributed by atoms with Crippen LogP contribution in [0.1, 0.15) is 19.8 Å². The lowest BCUT2D eigenvalue weighted by Crippen LogP contribution is -2.48. The molecular formula is C7H11N3O2S. The van der Waals surface area contributed by atoms with Crippen LogP contribution in [-0.2, 0) is 9.59 Å². The normalized spacial score (nSPS) is 14.5. The van der Waals surface area contributed by atoms with Gasteiger partial charge in [-0.05, 0) is 25.1 Å². The third-order valence-corrected chi connectivity index (χ3v) is 1.74. The molecule has 0 radical (unpaired) electrons. The van der Waals surface area contributed by atoms with Crippen LogP contribution in [0.5, 0.6) is 0 Å². The van der Waals surface area contributed by atoms with Crippen molar-refractivity contribution in [3.8, 4) is 0 Å². The van der Waals surface area contributed by atoms with Crippen molar-refractivity contribution in [1.29, 1.82) is 0 Å². The molecule has 0 spiro atoms. The van der Waals surface area contributed by atoms with Gasteiger partial charge in [0, 0.05) is 12.8 Å². The van der Waals surface area contributed by atoms with E-state index in [0.29, 0.717) is 0 Å². The maximum atomic E-state index is 11.1. The van der Waals surface area contributed by atoms with E-state index in [1.165, 1.54) is 6.92 Å². The van der Waals surface area contributed by atoms with Gasteiger partial charge in [0.25, 0.3) is 0 Å². The second-order valence-corrected chi connectivity index (χ2v) is 3.31. The number of rotatable bonds is 1. The molecule has 1 fully saturated rings. The minimum Gasteiger partial charge on any atom is -0.302 e. The van der Waals surface area contributed by atoms with Crippen LogP contribution in [0.25, 0.3) is 0 Å². The molecule has 0 aromatic heterocycles. The lowest BCUT2D eigenvalue weighted by molar-refractivity contribution is -0.121. The molecule has 3 N–H and O–H groups in total. The summed E-state index contributed by atoms with van der Waals surface area (Å²) in [5, 5.41) is 2.60. The van der Waals surface area contributed by atoms with Crippen LogP contribution in [0.2, 0.25) is 0 Å². The van der Waals surface area contributed by atoms with E-state index in [-0.39, 0.29) is 22.8 Å². The number of hydrogen-bond acceptors (Lipinski definition) is 3. The van der Waals surface area contributed by atoms with Crippen LogP contribution >= 0.6 is 12.2 Å². The molecule has 1 saturated carbocycles. The van der Waals surface area contributed by atoms with Crippen molar-refractivity contribution >= 4 is 29.1 Å². The molecule has 0 saturated heterocycles. The topological polar surface area (TPSA) is 70.2 Å². The first kappa shape index (κ1) is 9.91. The third kappa shape index (κ3) is 3.84. The largest absolute Gasteiger partial charge is 0.302 e. The zero-order chi connectivity index (χ0) is 9.84. The number of nitrogens with one attached hydrogen (secondary N) is 3. The molecule has 1 rings (SSSR count). The average Bonchev–Trinajstić information content (AvgIpc) is 2.82. The molecule has 1 aliphatic rings. The predicted octanol–water partition coefficient (Wildman–Crippen LogP) is -0.562. The highest BCUT2D eigenvalue weighted by Crippen LogP contribution is 2.28. The number of hydrogen-bond donors (Lipinski definition) is 3. The van der Waals surface area contributed by atoms with E-state index >= 15 is 0 Å². The Bertz CT molecular complexity index is 250. The van der Waals surface area contributed by atoms with E-state index in [2.05, 4.69) is 16.2 Å². The van der Waals surface area contributed by atoms with Gasteiger partial charge >= 0.3 is 0 Å². The van der Waals surface area contributed by atoms with Crippen molar-refractivity contribution < 1.29 is 9.59 Å². The summed E-state index contributed by atoms with van der Waals surface area (Å²) in [6.07, 6.45) is 1.85. The van der Waals surface area contributed by atoms with Crippen LogP contribution in [-0.4, -0.2) is 16.9 Å². The maximum Gasteiger partial charge on any atom is 0.235 e. The van der Waals surface area contributed by atoms with Gasteiger partial charge < -0.3 is 5.32 Å². The van der Waals surface area contributed by atoms with Crippen molar-refractivity contribution in [1.82, 2.24) is 16.2 Å². The fraction of sp³-hybridized carbons (Fsp3) is 0.571. The summed E-state index contributed by atoms with van der Waals surface area (Å²) < 4.78 is 0. The highest BCUT2D eigenvalue weighted by molar-refractivity contribution is 7.80. The molecule has 13 heavy (non-hydrogen) atoms. The first-order valence-corrected chi connectivity index (χ1v) is 4.38. The standard InChI is InChI=1S/C7H11N3O2S/c1-4(11)9-10-7(13)8-6(12)5-2-3-5/h5H,2-3H2,1H3,(H,9,11)(H2,8,10,12,13). The summed E-state index contributed by atoms with van der Waals surface area (Å²) in [6.45, 7) is 1.35. The van der Waals surface area contributed by atoms with Crippen molar-refractivity contribution in [3.05, 3.63) is 0 Å². The Morgan fingerprint density at radius 1 is 1.31 bits per heavy atom. The number of thiocarbonyl (C=S) groups is 1. The Labute approximate surface area is 81.2 Å². The second kappa shape index (κ2) is 4.18. The average molecular weight is 201 g/mol. The van der Waals surface area contributed by atoms with E-state index in [1.54, 1.807) is 0 Å². The summed E-state index contributed by atoms with van der Waals surface area (Å²) in [6, 6.07) is 0. The maximum absolute atomic E-state index is 11.1. The molecule has 0 bridgehead atoms. The highest BCUT2D eigenvalue weighted by atomic mass is 32.1. The van der Waals surface area contributed by atoms with Crippen LogP contribution in [0.15, 0.2) is 0 Å². The molecule has 0 aromatic rings. The van der Waals surface area contributed by atoms with Gasteiger partial charge in [-0.3, -0.25) is 20.4 Å². The van der Waals surface area contributed by atoms with E-state index in [9.17, 15) is 9.59 Å². The minimum atomic E-state index is -0.261. The predicted molar refractivity (Wildman–Crippen MR) is 50.4 cm³/mol. The van der Waals surface area contributed by atoms with Gasteiger partial charge in [-0.25, -0.2) is 0 Å². The Balaban J connectivity index is 2.16. The van der Waals surface area contributed by atoms with Crippen molar-refractivity contribution in [2.24, 2.45) is 5.92 Å². The van der Waals surface area contributed by atoms with Gasteiger partial charge in [0.05, 0.1) is 0 Å². The number of carbonyl (C=O) groups excluding carboxylic acids is 2. The van der Waals surface area contributed by atoms with Gasteiger partial charge in [0.2, 0.25) is 11.8 Å².